The van der Waals surface area contributed by atoms with Gasteiger partial charge in [-0.3, -0.25) is 4.79 Å². The lowest BCUT2D eigenvalue weighted by Gasteiger charge is -2.23. The molecule has 0 saturated heterocycles. The lowest BCUT2D eigenvalue weighted by Crippen LogP contribution is -2.46. The van der Waals surface area contributed by atoms with Crippen LogP contribution < -0.4 is 5.32 Å². The SMILES string of the molecule is CC(OC(=O)c1cc(Br)c[nH]1)C(=O)NC(C)(C)C. The minimum Gasteiger partial charge on any atom is -0.448 e. The van der Waals surface area contributed by atoms with Crippen LogP contribution in [0.1, 0.15) is 38.2 Å². The zero-order valence-electron chi connectivity index (χ0n) is 10.8. The second kappa shape index (κ2) is 5.56. The highest BCUT2D eigenvalue weighted by Gasteiger charge is 2.23. The number of halogens is 1. The molecular formula is C12H17BrN2O3. The highest BCUT2D eigenvalue weighted by atomic mass is 79.9. The van der Waals surface area contributed by atoms with Crippen LogP contribution in [0.25, 0.3) is 0 Å². The van der Waals surface area contributed by atoms with Gasteiger partial charge in [0.25, 0.3) is 5.91 Å². The van der Waals surface area contributed by atoms with Crippen molar-refractivity contribution in [2.75, 3.05) is 0 Å². The van der Waals surface area contributed by atoms with E-state index < -0.39 is 12.1 Å². The van der Waals surface area contributed by atoms with E-state index in [9.17, 15) is 9.59 Å². The molecule has 100 valence electrons. The maximum absolute atomic E-state index is 11.7. The van der Waals surface area contributed by atoms with Gasteiger partial charge in [-0.25, -0.2) is 4.79 Å². The number of H-pyrrole nitrogens is 1. The van der Waals surface area contributed by atoms with Gasteiger partial charge >= 0.3 is 5.97 Å². The van der Waals surface area contributed by atoms with E-state index in [1.54, 1.807) is 12.3 Å². The molecule has 1 aromatic rings. The highest BCUT2D eigenvalue weighted by Crippen LogP contribution is 2.12. The number of amides is 1. The van der Waals surface area contributed by atoms with E-state index in [2.05, 4.69) is 26.2 Å². The van der Waals surface area contributed by atoms with Crippen LogP contribution in [0.2, 0.25) is 0 Å². The molecule has 1 atom stereocenters. The van der Waals surface area contributed by atoms with Crippen molar-refractivity contribution in [1.29, 1.82) is 0 Å². The van der Waals surface area contributed by atoms with Gasteiger partial charge in [-0.15, -0.1) is 0 Å². The van der Waals surface area contributed by atoms with E-state index in [0.717, 1.165) is 4.47 Å². The third-order valence-electron chi connectivity index (χ3n) is 2.02. The summed E-state index contributed by atoms with van der Waals surface area (Å²) < 4.78 is 5.81. The maximum Gasteiger partial charge on any atom is 0.355 e. The number of esters is 1. The fourth-order valence-electron chi connectivity index (χ4n) is 1.23. The molecule has 1 unspecified atom stereocenters. The Morgan fingerprint density at radius 1 is 1.44 bits per heavy atom. The summed E-state index contributed by atoms with van der Waals surface area (Å²) in [4.78, 5) is 26.2. The van der Waals surface area contributed by atoms with E-state index in [1.165, 1.54) is 6.92 Å². The summed E-state index contributed by atoms with van der Waals surface area (Å²) in [6.07, 6.45) is 0.787. The quantitative estimate of drug-likeness (QED) is 0.840. The number of hydrogen-bond donors (Lipinski definition) is 2. The van der Waals surface area contributed by atoms with Crippen LogP contribution in [-0.4, -0.2) is 28.5 Å². The average molecular weight is 317 g/mol. The summed E-state index contributed by atoms with van der Waals surface area (Å²) in [5, 5.41) is 2.75. The Labute approximate surface area is 114 Å². The van der Waals surface area contributed by atoms with E-state index in [4.69, 9.17) is 4.74 Å². The van der Waals surface area contributed by atoms with Gasteiger partial charge in [-0.1, -0.05) is 0 Å². The molecule has 1 heterocycles. The van der Waals surface area contributed by atoms with Gasteiger partial charge in [0.1, 0.15) is 5.69 Å². The predicted molar refractivity (Wildman–Crippen MR) is 71.3 cm³/mol. The fourth-order valence-corrected chi connectivity index (χ4v) is 1.58. The Morgan fingerprint density at radius 3 is 2.50 bits per heavy atom. The minimum atomic E-state index is -0.834. The van der Waals surface area contributed by atoms with Gasteiger partial charge < -0.3 is 15.0 Å². The van der Waals surface area contributed by atoms with E-state index in [1.807, 2.05) is 20.8 Å². The molecule has 1 rings (SSSR count). The van der Waals surface area contributed by atoms with Crippen LogP contribution in [-0.2, 0) is 9.53 Å². The fraction of sp³-hybridized carbons (Fsp3) is 0.500. The molecule has 0 bridgehead atoms. The van der Waals surface area contributed by atoms with Gasteiger partial charge in [-0.05, 0) is 49.7 Å². The normalized spacial score (nSPS) is 12.9. The molecule has 6 heteroatoms. The third-order valence-corrected chi connectivity index (χ3v) is 2.48. The van der Waals surface area contributed by atoms with Crippen LogP contribution in [0.4, 0.5) is 0 Å². The second-order valence-corrected chi connectivity index (χ2v) is 5.93. The van der Waals surface area contributed by atoms with Gasteiger partial charge in [0.05, 0.1) is 0 Å². The highest BCUT2D eigenvalue weighted by molar-refractivity contribution is 9.10. The van der Waals surface area contributed by atoms with Crippen molar-refractivity contribution in [3.05, 3.63) is 22.4 Å². The van der Waals surface area contributed by atoms with Crippen molar-refractivity contribution in [2.45, 2.75) is 39.3 Å². The van der Waals surface area contributed by atoms with Gasteiger partial charge in [0.15, 0.2) is 6.10 Å². The van der Waals surface area contributed by atoms with Crippen LogP contribution in [0.5, 0.6) is 0 Å². The Balaban J connectivity index is 2.57. The van der Waals surface area contributed by atoms with Crippen LogP contribution in [0.3, 0.4) is 0 Å². The number of rotatable bonds is 3. The number of ether oxygens (including phenoxy) is 1. The van der Waals surface area contributed by atoms with Gasteiger partial charge in [-0.2, -0.15) is 0 Å². The number of carbonyl (C=O) groups excluding carboxylic acids is 2. The smallest absolute Gasteiger partial charge is 0.355 e. The number of aromatic nitrogens is 1. The molecule has 1 aromatic heterocycles. The Kier molecular flexibility index (Phi) is 4.56. The molecule has 0 radical (unpaired) electrons. The summed E-state index contributed by atoms with van der Waals surface area (Å²) in [6.45, 7) is 7.13. The minimum absolute atomic E-state index is 0.303. The van der Waals surface area contributed by atoms with E-state index in [-0.39, 0.29) is 11.4 Å². The van der Waals surface area contributed by atoms with Crippen molar-refractivity contribution in [2.24, 2.45) is 0 Å². The topological polar surface area (TPSA) is 71.2 Å². The molecule has 0 aromatic carbocycles. The van der Waals surface area contributed by atoms with E-state index in [0.29, 0.717) is 5.69 Å². The van der Waals surface area contributed by atoms with Crippen molar-refractivity contribution < 1.29 is 14.3 Å². The second-order valence-electron chi connectivity index (χ2n) is 5.02. The molecule has 0 aliphatic heterocycles. The standard InChI is InChI=1S/C12H17BrN2O3/c1-7(10(16)15-12(2,3)4)18-11(17)9-5-8(13)6-14-9/h5-7,14H,1-4H3,(H,15,16). The van der Waals surface area contributed by atoms with Crippen molar-refractivity contribution in [1.82, 2.24) is 10.3 Å². The first-order valence-electron chi connectivity index (χ1n) is 5.56. The van der Waals surface area contributed by atoms with Crippen LogP contribution in [0, 0.1) is 0 Å². The zero-order chi connectivity index (χ0) is 13.9. The summed E-state index contributed by atoms with van der Waals surface area (Å²) in [6, 6.07) is 1.59. The Bertz CT molecular complexity index is 448. The van der Waals surface area contributed by atoms with Gasteiger partial charge in [0, 0.05) is 16.2 Å². The summed E-state index contributed by atoms with van der Waals surface area (Å²) in [7, 11) is 0. The number of aromatic amines is 1. The number of nitrogens with one attached hydrogen (secondary N) is 2. The summed E-state index contributed by atoms with van der Waals surface area (Å²) >= 11 is 3.22. The van der Waals surface area contributed by atoms with Crippen molar-refractivity contribution >= 4 is 27.8 Å². The van der Waals surface area contributed by atoms with Crippen molar-refractivity contribution in [3.8, 4) is 0 Å². The molecular weight excluding hydrogens is 300 g/mol. The molecule has 1 amide bonds. The third kappa shape index (κ3) is 4.52. The summed E-state index contributed by atoms with van der Waals surface area (Å²) in [5.41, 5.74) is -0.0509. The van der Waals surface area contributed by atoms with Gasteiger partial charge in [0.2, 0.25) is 0 Å². The average Bonchev–Trinajstić information content (AvgIpc) is 2.62. The predicted octanol–water partition coefficient (Wildman–Crippen LogP) is 2.24. The largest absolute Gasteiger partial charge is 0.448 e. The molecule has 0 saturated carbocycles. The first-order valence-corrected chi connectivity index (χ1v) is 6.35. The molecule has 0 aliphatic rings. The number of carbonyl (C=O) groups is 2. The Morgan fingerprint density at radius 2 is 2.06 bits per heavy atom. The first kappa shape index (κ1) is 14.8. The first-order chi connectivity index (χ1) is 8.19. The zero-order valence-corrected chi connectivity index (χ0v) is 12.4. The maximum atomic E-state index is 11.7. The van der Waals surface area contributed by atoms with Crippen LogP contribution >= 0.6 is 15.9 Å². The lowest BCUT2D eigenvalue weighted by atomic mass is 10.1. The molecule has 5 nitrogen and oxygen atoms in total. The van der Waals surface area contributed by atoms with Crippen molar-refractivity contribution in [3.63, 3.8) is 0 Å². The van der Waals surface area contributed by atoms with E-state index >= 15 is 0 Å². The Hall–Kier alpha value is -1.30. The molecule has 0 aliphatic carbocycles. The lowest BCUT2D eigenvalue weighted by molar-refractivity contribution is -0.130. The number of hydrogen-bond acceptors (Lipinski definition) is 3. The molecule has 0 spiro atoms. The molecule has 18 heavy (non-hydrogen) atoms. The summed E-state index contributed by atoms with van der Waals surface area (Å²) in [5.74, 6) is -0.876. The molecule has 2 N–H and O–H groups in total. The monoisotopic (exact) mass is 316 g/mol. The van der Waals surface area contributed by atoms with Crippen LogP contribution in [0.15, 0.2) is 16.7 Å². The molecule has 0 fully saturated rings.